The van der Waals surface area contributed by atoms with Crippen molar-refractivity contribution in [1.29, 1.82) is 0 Å². The van der Waals surface area contributed by atoms with Gasteiger partial charge in [-0.3, -0.25) is 4.79 Å². The van der Waals surface area contributed by atoms with Gasteiger partial charge in [0.25, 0.3) is 0 Å². The molecular formula is C14H19NO. The molecule has 2 heteroatoms. The number of amides is 1. The summed E-state index contributed by atoms with van der Waals surface area (Å²) in [5, 5.41) is 0. The van der Waals surface area contributed by atoms with Gasteiger partial charge in [0.2, 0.25) is 5.91 Å². The average molecular weight is 217 g/mol. The Kier molecular flexibility index (Phi) is 3.60. The number of benzene rings is 1. The lowest BCUT2D eigenvalue weighted by molar-refractivity contribution is -0.118. The lowest BCUT2D eigenvalue weighted by atomic mass is 10.0. The highest BCUT2D eigenvalue weighted by Crippen LogP contribution is 2.27. The van der Waals surface area contributed by atoms with Crippen LogP contribution in [0.5, 0.6) is 0 Å². The fourth-order valence-corrected chi connectivity index (χ4v) is 2.26. The molecule has 1 aliphatic heterocycles. The predicted molar refractivity (Wildman–Crippen MR) is 66.6 cm³/mol. The van der Waals surface area contributed by atoms with E-state index in [-0.39, 0.29) is 5.91 Å². The number of para-hydroxylation sites is 1. The van der Waals surface area contributed by atoms with E-state index in [1.807, 2.05) is 11.0 Å². The molecule has 0 saturated heterocycles. The second-order valence-electron chi connectivity index (χ2n) is 4.38. The fourth-order valence-electron chi connectivity index (χ4n) is 2.26. The van der Waals surface area contributed by atoms with Crippen LogP contribution in [0.2, 0.25) is 0 Å². The minimum atomic E-state index is 0.287. The number of rotatable bonds is 4. The molecule has 0 fully saturated rings. The Morgan fingerprint density at radius 2 is 2.00 bits per heavy atom. The first-order chi connectivity index (χ1) is 7.83. The molecule has 86 valence electrons. The van der Waals surface area contributed by atoms with Gasteiger partial charge in [0.05, 0.1) is 0 Å². The van der Waals surface area contributed by atoms with Crippen molar-refractivity contribution in [3.8, 4) is 0 Å². The van der Waals surface area contributed by atoms with Crippen molar-refractivity contribution in [3.05, 3.63) is 29.8 Å². The Balaban J connectivity index is 2.13. The van der Waals surface area contributed by atoms with Crippen molar-refractivity contribution in [2.45, 2.75) is 39.0 Å². The van der Waals surface area contributed by atoms with Crippen LogP contribution in [0.15, 0.2) is 24.3 Å². The molecule has 0 aromatic heterocycles. The first kappa shape index (κ1) is 11.2. The van der Waals surface area contributed by atoms with Crippen LogP contribution in [0.1, 0.15) is 38.2 Å². The Morgan fingerprint density at radius 1 is 1.19 bits per heavy atom. The first-order valence-corrected chi connectivity index (χ1v) is 6.21. The molecule has 2 nitrogen and oxygen atoms in total. The van der Waals surface area contributed by atoms with Crippen LogP contribution in [-0.4, -0.2) is 12.5 Å². The van der Waals surface area contributed by atoms with Crippen LogP contribution in [0.25, 0.3) is 0 Å². The van der Waals surface area contributed by atoms with Crippen LogP contribution in [0.3, 0.4) is 0 Å². The van der Waals surface area contributed by atoms with Crippen molar-refractivity contribution in [2.75, 3.05) is 11.4 Å². The van der Waals surface area contributed by atoms with Crippen LogP contribution in [0, 0.1) is 0 Å². The maximum Gasteiger partial charge on any atom is 0.227 e. The zero-order valence-electron chi connectivity index (χ0n) is 9.91. The number of carbonyl (C=O) groups is 1. The Bertz CT molecular complexity index is 373. The molecule has 1 aliphatic rings. The van der Waals surface area contributed by atoms with Gasteiger partial charge in [-0.05, 0) is 24.5 Å². The van der Waals surface area contributed by atoms with Crippen molar-refractivity contribution in [1.82, 2.24) is 0 Å². The lowest BCUT2D eigenvalue weighted by Crippen LogP contribution is -2.35. The van der Waals surface area contributed by atoms with Gasteiger partial charge >= 0.3 is 0 Å². The molecule has 2 rings (SSSR count). The van der Waals surface area contributed by atoms with Crippen molar-refractivity contribution in [3.63, 3.8) is 0 Å². The van der Waals surface area contributed by atoms with Crippen molar-refractivity contribution in [2.24, 2.45) is 0 Å². The van der Waals surface area contributed by atoms with E-state index in [0.717, 1.165) is 25.1 Å². The van der Waals surface area contributed by atoms with Gasteiger partial charge in [-0.15, -0.1) is 0 Å². The highest BCUT2D eigenvalue weighted by atomic mass is 16.2. The summed E-state index contributed by atoms with van der Waals surface area (Å²) in [5.74, 6) is 0.287. The number of fused-ring (bicyclic) bond motifs is 1. The Labute approximate surface area is 97.3 Å². The van der Waals surface area contributed by atoms with Crippen molar-refractivity contribution >= 4 is 11.6 Å². The molecule has 0 saturated carbocycles. The molecule has 0 bridgehead atoms. The fraction of sp³-hybridized carbons (Fsp3) is 0.500. The molecule has 1 aromatic carbocycles. The van der Waals surface area contributed by atoms with Crippen molar-refractivity contribution < 1.29 is 4.79 Å². The minimum absolute atomic E-state index is 0.287. The van der Waals surface area contributed by atoms with Gasteiger partial charge < -0.3 is 4.90 Å². The molecule has 1 aromatic rings. The summed E-state index contributed by atoms with van der Waals surface area (Å²) in [6.45, 7) is 3.07. The van der Waals surface area contributed by atoms with Gasteiger partial charge in [0.15, 0.2) is 0 Å². The summed E-state index contributed by atoms with van der Waals surface area (Å²) in [5.41, 5.74) is 2.45. The van der Waals surface area contributed by atoms with E-state index in [0.29, 0.717) is 6.42 Å². The highest BCUT2D eigenvalue weighted by molar-refractivity contribution is 5.96. The monoisotopic (exact) mass is 217 g/mol. The molecule has 16 heavy (non-hydrogen) atoms. The molecule has 0 spiro atoms. The molecular weight excluding hydrogens is 198 g/mol. The zero-order valence-corrected chi connectivity index (χ0v) is 9.91. The number of hydrogen-bond acceptors (Lipinski definition) is 1. The smallest absolute Gasteiger partial charge is 0.227 e. The van der Waals surface area contributed by atoms with Gasteiger partial charge in [-0.25, -0.2) is 0 Å². The molecule has 0 aliphatic carbocycles. The van der Waals surface area contributed by atoms with E-state index < -0.39 is 0 Å². The number of hydrogen-bond donors (Lipinski definition) is 0. The van der Waals surface area contributed by atoms with E-state index >= 15 is 0 Å². The predicted octanol–water partition coefficient (Wildman–Crippen LogP) is 3.16. The number of aryl methyl sites for hydroxylation is 1. The SMILES string of the molecule is CCCCCN1C(=O)CCc2ccccc21. The summed E-state index contributed by atoms with van der Waals surface area (Å²) in [7, 11) is 0. The molecule has 1 heterocycles. The standard InChI is InChI=1S/C14H19NO/c1-2-3-6-11-15-13-8-5-4-7-12(13)9-10-14(15)16/h4-5,7-8H,2-3,6,9-11H2,1H3. The van der Waals surface area contributed by atoms with Crippen LogP contribution in [0.4, 0.5) is 5.69 Å². The third kappa shape index (κ3) is 2.26. The quantitative estimate of drug-likeness (QED) is 0.709. The largest absolute Gasteiger partial charge is 0.312 e. The molecule has 0 N–H and O–H groups in total. The van der Waals surface area contributed by atoms with Gasteiger partial charge in [0.1, 0.15) is 0 Å². The summed E-state index contributed by atoms with van der Waals surface area (Å²) in [6, 6.07) is 8.27. The summed E-state index contributed by atoms with van der Waals surface area (Å²) >= 11 is 0. The molecule has 1 amide bonds. The number of anilines is 1. The van der Waals surface area contributed by atoms with Crippen LogP contribution in [-0.2, 0) is 11.2 Å². The summed E-state index contributed by atoms with van der Waals surface area (Å²) in [6.07, 6.45) is 5.08. The summed E-state index contributed by atoms with van der Waals surface area (Å²) < 4.78 is 0. The lowest BCUT2D eigenvalue weighted by Gasteiger charge is -2.29. The second-order valence-corrected chi connectivity index (χ2v) is 4.38. The Morgan fingerprint density at radius 3 is 2.81 bits per heavy atom. The van der Waals surface area contributed by atoms with E-state index in [9.17, 15) is 4.79 Å². The van der Waals surface area contributed by atoms with Gasteiger partial charge in [-0.1, -0.05) is 38.0 Å². The second kappa shape index (κ2) is 5.15. The first-order valence-electron chi connectivity index (χ1n) is 6.21. The minimum Gasteiger partial charge on any atom is -0.312 e. The number of carbonyl (C=O) groups excluding carboxylic acids is 1. The van der Waals surface area contributed by atoms with E-state index in [1.165, 1.54) is 18.4 Å². The maximum atomic E-state index is 11.9. The summed E-state index contributed by atoms with van der Waals surface area (Å²) in [4.78, 5) is 13.8. The topological polar surface area (TPSA) is 20.3 Å². The maximum absolute atomic E-state index is 11.9. The zero-order chi connectivity index (χ0) is 11.4. The van der Waals surface area contributed by atoms with Gasteiger partial charge in [0, 0.05) is 18.7 Å². The number of unbranched alkanes of at least 4 members (excludes halogenated alkanes) is 2. The molecule has 0 unspecified atom stereocenters. The highest BCUT2D eigenvalue weighted by Gasteiger charge is 2.22. The van der Waals surface area contributed by atoms with E-state index in [2.05, 4.69) is 25.1 Å². The third-order valence-electron chi connectivity index (χ3n) is 3.18. The van der Waals surface area contributed by atoms with E-state index in [1.54, 1.807) is 0 Å². The van der Waals surface area contributed by atoms with Crippen LogP contribution < -0.4 is 4.90 Å². The normalized spacial score (nSPS) is 15.1. The molecule has 0 radical (unpaired) electrons. The average Bonchev–Trinajstić information content (AvgIpc) is 2.32. The van der Waals surface area contributed by atoms with Crippen LogP contribution >= 0.6 is 0 Å². The molecule has 0 atom stereocenters. The van der Waals surface area contributed by atoms with Gasteiger partial charge in [-0.2, -0.15) is 0 Å². The Hall–Kier alpha value is -1.31. The van der Waals surface area contributed by atoms with E-state index in [4.69, 9.17) is 0 Å². The third-order valence-corrected chi connectivity index (χ3v) is 3.18. The number of nitrogens with zero attached hydrogens (tertiary/aromatic N) is 1.